The zero-order valence-electron chi connectivity index (χ0n) is 7.18. The van der Waals surface area contributed by atoms with Crippen LogP contribution < -0.4 is 0 Å². The first-order valence-corrected chi connectivity index (χ1v) is 3.62. The van der Waals surface area contributed by atoms with Crippen molar-refractivity contribution in [1.29, 1.82) is 0 Å². The van der Waals surface area contributed by atoms with E-state index in [4.69, 9.17) is 4.74 Å². The topological polar surface area (TPSA) is 26.3 Å². The summed E-state index contributed by atoms with van der Waals surface area (Å²) in [5.74, 6) is 0.456. The maximum Gasteiger partial charge on any atom is 0.140 e. The van der Waals surface area contributed by atoms with Crippen LogP contribution in [-0.4, -0.2) is 19.5 Å². The SMILES string of the molecule is COCC(C)C(=O)C(C)C. The predicted molar refractivity (Wildman–Crippen MR) is 40.9 cm³/mol. The van der Waals surface area contributed by atoms with Crippen LogP contribution in [0.1, 0.15) is 20.8 Å². The molecule has 0 bridgehead atoms. The average molecular weight is 144 g/mol. The summed E-state index contributed by atoms with van der Waals surface area (Å²) in [6, 6.07) is 0. The van der Waals surface area contributed by atoms with Crippen LogP contribution in [-0.2, 0) is 9.53 Å². The molecule has 0 fully saturated rings. The molecular formula is C8H16O2. The van der Waals surface area contributed by atoms with E-state index < -0.39 is 0 Å². The molecule has 60 valence electrons. The molecule has 0 aliphatic carbocycles. The Labute approximate surface area is 62.6 Å². The van der Waals surface area contributed by atoms with Crippen molar-refractivity contribution in [2.24, 2.45) is 11.8 Å². The van der Waals surface area contributed by atoms with Crippen LogP contribution in [0.25, 0.3) is 0 Å². The fraction of sp³-hybridized carbons (Fsp3) is 0.875. The molecule has 1 unspecified atom stereocenters. The summed E-state index contributed by atoms with van der Waals surface area (Å²) in [5.41, 5.74) is 0. The second-order valence-electron chi connectivity index (χ2n) is 2.91. The second-order valence-corrected chi connectivity index (χ2v) is 2.91. The van der Waals surface area contributed by atoms with E-state index in [0.717, 1.165) is 0 Å². The molecule has 0 aromatic carbocycles. The Hall–Kier alpha value is -0.370. The van der Waals surface area contributed by atoms with Crippen LogP contribution in [0.3, 0.4) is 0 Å². The summed E-state index contributed by atoms with van der Waals surface area (Å²) in [7, 11) is 1.62. The number of hydrogen-bond acceptors (Lipinski definition) is 2. The molecule has 0 heterocycles. The Morgan fingerprint density at radius 2 is 1.90 bits per heavy atom. The number of ether oxygens (including phenoxy) is 1. The minimum Gasteiger partial charge on any atom is -0.384 e. The summed E-state index contributed by atoms with van der Waals surface area (Å²) in [6.45, 7) is 6.26. The lowest BCUT2D eigenvalue weighted by Gasteiger charge is -2.10. The van der Waals surface area contributed by atoms with Gasteiger partial charge in [0.25, 0.3) is 0 Å². The number of rotatable bonds is 4. The first-order valence-electron chi connectivity index (χ1n) is 3.62. The first kappa shape index (κ1) is 9.63. The van der Waals surface area contributed by atoms with Crippen molar-refractivity contribution in [2.45, 2.75) is 20.8 Å². The Morgan fingerprint density at radius 1 is 1.40 bits per heavy atom. The fourth-order valence-electron chi connectivity index (χ4n) is 0.901. The molecule has 0 aromatic heterocycles. The number of carbonyl (C=O) groups is 1. The van der Waals surface area contributed by atoms with Crippen molar-refractivity contribution < 1.29 is 9.53 Å². The smallest absolute Gasteiger partial charge is 0.140 e. The third-order valence-electron chi connectivity index (χ3n) is 1.47. The average Bonchev–Trinajstić information content (AvgIpc) is 1.87. The minimum absolute atomic E-state index is 0.0463. The summed E-state index contributed by atoms with van der Waals surface area (Å²) < 4.78 is 4.85. The van der Waals surface area contributed by atoms with E-state index >= 15 is 0 Å². The Morgan fingerprint density at radius 3 is 2.20 bits per heavy atom. The summed E-state index contributed by atoms with van der Waals surface area (Å²) >= 11 is 0. The molecule has 0 aliphatic rings. The molecule has 0 saturated carbocycles. The molecular weight excluding hydrogens is 128 g/mol. The first-order chi connectivity index (χ1) is 4.59. The number of hydrogen-bond donors (Lipinski definition) is 0. The van der Waals surface area contributed by atoms with Gasteiger partial charge in [-0.25, -0.2) is 0 Å². The van der Waals surface area contributed by atoms with E-state index in [1.165, 1.54) is 0 Å². The van der Waals surface area contributed by atoms with E-state index in [2.05, 4.69) is 0 Å². The van der Waals surface area contributed by atoms with E-state index in [1.54, 1.807) is 7.11 Å². The normalized spacial score (nSPS) is 13.7. The molecule has 0 N–H and O–H groups in total. The van der Waals surface area contributed by atoms with Crippen LogP contribution in [0.4, 0.5) is 0 Å². The Kier molecular flexibility index (Phi) is 4.28. The van der Waals surface area contributed by atoms with Gasteiger partial charge in [-0.15, -0.1) is 0 Å². The standard InChI is InChI=1S/C8H16O2/c1-6(2)8(9)7(3)5-10-4/h6-7H,5H2,1-4H3. The summed E-state index contributed by atoms with van der Waals surface area (Å²) in [5, 5.41) is 0. The van der Waals surface area contributed by atoms with Crippen molar-refractivity contribution in [1.82, 2.24) is 0 Å². The number of carbonyl (C=O) groups excluding carboxylic acids is 1. The van der Waals surface area contributed by atoms with Gasteiger partial charge in [0.1, 0.15) is 5.78 Å². The molecule has 0 radical (unpaired) electrons. The maximum atomic E-state index is 11.2. The minimum atomic E-state index is 0.0463. The van der Waals surface area contributed by atoms with Crippen molar-refractivity contribution in [3.8, 4) is 0 Å². The third kappa shape index (κ3) is 2.97. The quantitative estimate of drug-likeness (QED) is 0.597. The van der Waals surface area contributed by atoms with Gasteiger partial charge in [-0.2, -0.15) is 0 Å². The molecule has 2 nitrogen and oxygen atoms in total. The van der Waals surface area contributed by atoms with Gasteiger partial charge in [0, 0.05) is 18.9 Å². The summed E-state index contributed by atoms with van der Waals surface area (Å²) in [6.07, 6.45) is 0. The maximum absolute atomic E-state index is 11.2. The van der Waals surface area contributed by atoms with Crippen LogP contribution in [0, 0.1) is 11.8 Å². The number of ketones is 1. The molecule has 10 heavy (non-hydrogen) atoms. The highest BCUT2D eigenvalue weighted by molar-refractivity contribution is 5.82. The van der Waals surface area contributed by atoms with E-state index in [-0.39, 0.29) is 17.6 Å². The monoisotopic (exact) mass is 144 g/mol. The highest BCUT2D eigenvalue weighted by Gasteiger charge is 2.15. The highest BCUT2D eigenvalue weighted by Crippen LogP contribution is 2.05. The largest absolute Gasteiger partial charge is 0.384 e. The van der Waals surface area contributed by atoms with Gasteiger partial charge in [-0.1, -0.05) is 20.8 Å². The second kappa shape index (κ2) is 4.45. The molecule has 0 aromatic rings. The van der Waals surface area contributed by atoms with Gasteiger partial charge < -0.3 is 4.74 Å². The van der Waals surface area contributed by atoms with E-state index in [0.29, 0.717) is 6.61 Å². The van der Waals surface area contributed by atoms with Crippen LogP contribution in [0.15, 0.2) is 0 Å². The van der Waals surface area contributed by atoms with Crippen LogP contribution in [0.2, 0.25) is 0 Å². The van der Waals surface area contributed by atoms with Gasteiger partial charge in [-0.05, 0) is 0 Å². The predicted octanol–water partition coefficient (Wildman–Crippen LogP) is 1.49. The van der Waals surface area contributed by atoms with Gasteiger partial charge >= 0.3 is 0 Å². The Balaban J connectivity index is 3.71. The lowest BCUT2D eigenvalue weighted by Crippen LogP contribution is -2.20. The van der Waals surface area contributed by atoms with Gasteiger partial charge in [0.2, 0.25) is 0 Å². The molecule has 0 amide bonds. The van der Waals surface area contributed by atoms with Gasteiger partial charge in [0.05, 0.1) is 6.61 Å². The zero-order chi connectivity index (χ0) is 8.15. The molecule has 0 rings (SSSR count). The van der Waals surface area contributed by atoms with Gasteiger partial charge in [0.15, 0.2) is 0 Å². The highest BCUT2D eigenvalue weighted by atomic mass is 16.5. The van der Waals surface area contributed by atoms with Crippen LogP contribution >= 0.6 is 0 Å². The third-order valence-corrected chi connectivity index (χ3v) is 1.47. The molecule has 0 aliphatic heterocycles. The lowest BCUT2D eigenvalue weighted by atomic mass is 9.98. The molecule has 0 saturated heterocycles. The fourth-order valence-corrected chi connectivity index (χ4v) is 0.901. The molecule has 0 spiro atoms. The number of Topliss-reactive ketones (excluding diaryl/α,β-unsaturated/α-hetero) is 1. The van der Waals surface area contributed by atoms with Crippen molar-refractivity contribution in [2.75, 3.05) is 13.7 Å². The lowest BCUT2D eigenvalue weighted by molar-refractivity contribution is -0.126. The van der Waals surface area contributed by atoms with Gasteiger partial charge in [-0.3, -0.25) is 4.79 Å². The van der Waals surface area contributed by atoms with Crippen molar-refractivity contribution >= 4 is 5.78 Å². The van der Waals surface area contributed by atoms with Crippen molar-refractivity contribution in [3.05, 3.63) is 0 Å². The van der Waals surface area contributed by atoms with Crippen molar-refractivity contribution in [3.63, 3.8) is 0 Å². The molecule has 1 atom stereocenters. The Bertz CT molecular complexity index is 108. The zero-order valence-corrected chi connectivity index (χ0v) is 7.18. The summed E-state index contributed by atoms with van der Waals surface area (Å²) in [4.78, 5) is 11.2. The molecule has 2 heteroatoms. The van der Waals surface area contributed by atoms with E-state index in [1.807, 2.05) is 20.8 Å². The number of methoxy groups -OCH3 is 1. The van der Waals surface area contributed by atoms with E-state index in [9.17, 15) is 4.79 Å². The van der Waals surface area contributed by atoms with Crippen LogP contribution in [0.5, 0.6) is 0 Å².